The normalized spacial score (nSPS) is 13.9. The van der Waals surface area contributed by atoms with Gasteiger partial charge in [-0.25, -0.2) is 0 Å². The van der Waals surface area contributed by atoms with E-state index in [1.807, 2.05) is 25.1 Å². The summed E-state index contributed by atoms with van der Waals surface area (Å²) in [6, 6.07) is 6.03. The van der Waals surface area contributed by atoms with Gasteiger partial charge in [-0.1, -0.05) is 12.1 Å². The molecule has 0 aromatic heterocycles. The van der Waals surface area contributed by atoms with Gasteiger partial charge in [-0.15, -0.1) is 5.11 Å². The third-order valence-corrected chi connectivity index (χ3v) is 1.66. The molecule has 1 heterocycles. The third-order valence-electron chi connectivity index (χ3n) is 1.66. The van der Waals surface area contributed by atoms with Crippen molar-refractivity contribution in [2.45, 2.75) is 13.5 Å². The second-order valence-corrected chi connectivity index (χ2v) is 2.58. The highest BCUT2D eigenvalue weighted by Gasteiger charge is 2.07. The largest absolute Gasteiger partial charge is 0.339 e. The Morgan fingerprint density at radius 1 is 1.45 bits per heavy atom. The number of hydrogen-bond donors (Lipinski definition) is 0. The van der Waals surface area contributed by atoms with Crippen molar-refractivity contribution in [2.24, 2.45) is 10.4 Å². The lowest BCUT2D eigenvalue weighted by Gasteiger charge is -2.08. The molecule has 1 aromatic carbocycles. The van der Waals surface area contributed by atoms with Gasteiger partial charge < -0.3 is 4.84 Å². The van der Waals surface area contributed by atoms with E-state index in [-0.39, 0.29) is 0 Å². The Labute approximate surface area is 64.7 Å². The SMILES string of the molecule is Cc1ccc2c(c1)ON=NC2. The maximum atomic E-state index is 4.96. The van der Waals surface area contributed by atoms with E-state index < -0.39 is 0 Å². The molecule has 0 spiro atoms. The first-order chi connectivity index (χ1) is 5.36. The molecule has 1 aliphatic heterocycles. The predicted octanol–water partition coefficient (Wildman–Crippen LogP) is 2.25. The fourth-order valence-corrected chi connectivity index (χ4v) is 1.06. The molecule has 0 saturated carbocycles. The Kier molecular flexibility index (Phi) is 1.35. The van der Waals surface area contributed by atoms with Crippen LogP contribution in [0, 0.1) is 6.92 Å². The third kappa shape index (κ3) is 1.09. The molecule has 1 aliphatic rings. The summed E-state index contributed by atoms with van der Waals surface area (Å²) in [5.74, 6) is 0.833. The molecule has 0 N–H and O–H groups in total. The molecular formula is C8H8N2O. The van der Waals surface area contributed by atoms with Crippen LogP contribution in [0.3, 0.4) is 0 Å². The van der Waals surface area contributed by atoms with E-state index in [1.165, 1.54) is 5.56 Å². The van der Waals surface area contributed by atoms with Gasteiger partial charge >= 0.3 is 0 Å². The van der Waals surface area contributed by atoms with Gasteiger partial charge in [0.1, 0.15) is 0 Å². The van der Waals surface area contributed by atoms with Crippen LogP contribution in [0.2, 0.25) is 0 Å². The summed E-state index contributed by atoms with van der Waals surface area (Å²) in [4.78, 5) is 4.96. The molecular weight excluding hydrogens is 140 g/mol. The Hall–Kier alpha value is -1.38. The van der Waals surface area contributed by atoms with E-state index in [4.69, 9.17) is 4.84 Å². The molecule has 0 aliphatic carbocycles. The topological polar surface area (TPSA) is 34.0 Å². The Bertz CT molecular complexity index is 307. The summed E-state index contributed by atoms with van der Waals surface area (Å²) in [7, 11) is 0. The van der Waals surface area contributed by atoms with Crippen LogP contribution in [0.15, 0.2) is 28.6 Å². The minimum atomic E-state index is 0.635. The van der Waals surface area contributed by atoms with Crippen molar-refractivity contribution in [3.05, 3.63) is 29.3 Å². The lowest BCUT2D eigenvalue weighted by Crippen LogP contribution is -1.95. The Balaban J connectivity index is 2.48. The van der Waals surface area contributed by atoms with E-state index in [0.29, 0.717) is 6.54 Å². The van der Waals surface area contributed by atoms with Crippen LogP contribution in [0.5, 0.6) is 5.75 Å². The molecule has 0 bridgehead atoms. The first kappa shape index (κ1) is 6.34. The van der Waals surface area contributed by atoms with Crippen molar-refractivity contribution >= 4 is 0 Å². The van der Waals surface area contributed by atoms with Gasteiger partial charge in [-0.2, -0.15) is 0 Å². The smallest absolute Gasteiger partial charge is 0.165 e. The summed E-state index contributed by atoms with van der Waals surface area (Å²) < 4.78 is 0. The maximum absolute atomic E-state index is 4.96. The molecule has 0 fully saturated rings. The zero-order valence-corrected chi connectivity index (χ0v) is 6.24. The summed E-state index contributed by atoms with van der Waals surface area (Å²) >= 11 is 0. The Morgan fingerprint density at radius 2 is 2.36 bits per heavy atom. The first-order valence-electron chi connectivity index (χ1n) is 3.49. The summed E-state index contributed by atoms with van der Waals surface area (Å²) in [5.41, 5.74) is 2.28. The van der Waals surface area contributed by atoms with Gasteiger partial charge in [-0.05, 0) is 18.6 Å². The lowest BCUT2D eigenvalue weighted by molar-refractivity contribution is 0.285. The van der Waals surface area contributed by atoms with Crippen LogP contribution in [0.4, 0.5) is 0 Å². The van der Waals surface area contributed by atoms with E-state index in [0.717, 1.165) is 11.3 Å². The lowest BCUT2D eigenvalue weighted by atomic mass is 10.1. The second kappa shape index (κ2) is 2.34. The molecule has 0 unspecified atom stereocenters. The molecule has 0 amide bonds. The fraction of sp³-hybridized carbons (Fsp3) is 0.250. The van der Waals surface area contributed by atoms with Crippen LogP contribution in [-0.2, 0) is 6.54 Å². The van der Waals surface area contributed by atoms with Gasteiger partial charge in [-0.3, -0.25) is 0 Å². The van der Waals surface area contributed by atoms with Crippen LogP contribution in [0.1, 0.15) is 11.1 Å². The zero-order chi connectivity index (χ0) is 7.68. The summed E-state index contributed by atoms with van der Waals surface area (Å²) in [5, 5.41) is 7.24. The van der Waals surface area contributed by atoms with Gasteiger partial charge in [0.2, 0.25) is 0 Å². The van der Waals surface area contributed by atoms with Crippen molar-refractivity contribution in [1.82, 2.24) is 0 Å². The standard InChI is InChI=1S/C8H8N2O/c1-6-2-3-7-5-9-10-11-8(7)4-6/h2-4H,5H2,1H3. The number of fused-ring (bicyclic) bond motifs is 1. The van der Waals surface area contributed by atoms with E-state index in [1.54, 1.807) is 0 Å². The minimum Gasteiger partial charge on any atom is -0.339 e. The van der Waals surface area contributed by atoms with Crippen molar-refractivity contribution in [3.63, 3.8) is 0 Å². The maximum Gasteiger partial charge on any atom is 0.165 e. The zero-order valence-electron chi connectivity index (χ0n) is 6.24. The molecule has 56 valence electrons. The highest BCUT2D eigenvalue weighted by Crippen LogP contribution is 2.24. The van der Waals surface area contributed by atoms with Crippen LogP contribution in [-0.4, -0.2) is 0 Å². The molecule has 0 saturated heterocycles. The number of nitrogens with zero attached hydrogens (tertiary/aromatic N) is 2. The van der Waals surface area contributed by atoms with Gasteiger partial charge in [0.15, 0.2) is 5.75 Å². The predicted molar refractivity (Wildman–Crippen MR) is 40.4 cm³/mol. The van der Waals surface area contributed by atoms with Gasteiger partial charge in [0.05, 0.1) is 6.54 Å². The number of hydrogen-bond acceptors (Lipinski definition) is 3. The highest BCUT2D eigenvalue weighted by atomic mass is 16.6. The minimum absolute atomic E-state index is 0.635. The molecule has 3 nitrogen and oxygen atoms in total. The van der Waals surface area contributed by atoms with E-state index >= 15 is 0 Å². The molecule has 0 atom stereocenters. The van der Waals surface area contributed by atoms with Gasteiger partial charge in [0, 0.05) is 10.8 Å². The van der Waals surface area contributed by atoms with E-state index in [9.17, 15) is 0 Å². The van der Waals surface area contributed by atoms with Crippen molar-refractivity contribution in [3.8, 4) is 5.75 Å². The van der Waals surface area contributed by atoms with Gasteiger partial charge in [0.25, 0.3) is 0 Å². The van der Waals surface area contributed by atoms with E-state index in [2.05, 4.69) is 10.4 Å². The summed E-state index contributed by atoms with van der Waals surface area (Å²) in [6.45, 7) is 2.66. The Morgan fingerprint density at radius 3 is 3.27 bits per heavy atom. The molecule has 0 radical (unpaired) electrons. The van der Waals surface area contributed by atoms with Crippen LogP contribution >= 0.6 is 0 Å². The molecule has 11 heavy (non-hydrogen) atoms. The number of benzene rings is 1. The first-order valence-corrected chi connectivity index (χ1v) is 3.49. The number of aryl methyl sites for hydroxylation is 1. The van der Waals surface area contributed by atoms with Crippen molar-refractivity contribution in [1.29, 1.82) is 0 Å². The fourth-order valence-electron chi connectivity index (χ4n) is 1.06. The second-order valence-electron chi connectivity index (χ2n) is 2.58. The quantitative estimate of drug-likeness (QED) is 0.555. The monoisotopic (exact) mass is 148 g/mol. The van der Waals surface area contributed by atoms with Crippen LogP contribution in [0.25, 0.3) is 0 Å². The number of rotatable bonds is 0. The van der Waals surface area contributed by atoms with Crippen molar-refractivity contribution < 1.29 is 4.84 Å². The average molecular weight is 148 g/mol. The highest BCUT2D eigenvalue weighted by molar-refractivity contribution is 5.37. The average Bonchev–Trinajstić information content (AvgIpc) is 2.04. The van der Waals surface area contributed by atoms with Crippen molar-refractivity contribution in [2.75, 3.05) is 0 Å². The molecule has 1 aromatic rings. The van der Waals surface area contributed by atoms with Crippen LogP contribution < -0.4 is 4.84 Å². The molecule has 3 heteroatoms. The molecule has 2 rings (SSSR count). The summed E-state index contributed by atoms with van der Waals surface area (Å²) in [6.07, 6.45) is 0.